The van der Waals surface area contributed by atoms with Gasteiger partial charge in [0.05, 0.1) is 6.04 Å². The van der Waals surface area contributed by atoms with Crippen LogP contribution >= 0.6 is 11.8 Å². The van der Waals surface area contributed by atoms with Gasteiger partial charge in [-0.05, 0) is 48.3 Å². The Labute approximate surface area is 228 Å². The van der Waals surface area contributed by atoms with Crippen LogP contribution in [0.4, 0.5) is 0 Å². The van der Waals surface area contributed by atoms with Crippen molar-refractivity contribution in [2.75, 3.05) is 12.0 Å². The number of rotatable bonds is 15. The van der Waals surface area contributed by atoms with Crippen molar-refractivity contribution in [1.82, 2.24) is 20.9 Å². The number of aromatic amines is 1. The third-order valence-electron chi connectivity index (χ3n) is 6.32. The van der Waals surface area contributed by atoms with Crippen LogP contribution in [0.5, 0.6) is 0 Å². The number of nitrogens with one attached hydrogen (secondary N) is 4. The lowest BCUT2D eigenvalue weighted by atomic mass is 9.99. The number of aromatic nitrogens is 1. The Morgan fingerprint density at radius 3 is 2.16 bits per heavy atom. The SMILES string of the molecule is CSCCC(NC(=O)C(CC(C)C)NC(=O)C(Cc1c[nH]c2ccccc12)NC(=O)C(N)C(C)C)C(=O)O. The minimum atomic E-state index is -1.13. The molecule has 2 rings (SSSR count). The summed E-state index contributed by atoms with van der Waals surface area (Å²) in [6, 6.07) is 3.78. The fourth-order valence-corrected chi connectivity index (χ4v) is 4.51. The highest BCUT2D eigenvalue weighted by molar-refractivity contribution is 7.98. The number of carboxylic acids is 1. The van der Waals surface area contributed by atoms with Gasteiger partial charge in [-0.2, -0.15) is 11.8 Å². The lowest BCUT2D eigenvalue weighted by molar-refractivity contribution is -0.142. The molecular weight excluding hydrogens is 506 g/mol. The van der Waals surface area contributed by atoms with Gasteiger partial charge in [-0.3, -0.25) is 14.4 Å². The van der Waals surface area contributed by atoms with Crippen molar-refractivity contribution in [1.29, 1.82) is 0 Å². The van der Waals surface area contributed by atoms with Crippen molar-refractivity contribution in [2.45, 2.75) is 71.1 Å². The maximum Gasteiger partial charge on any atom is 0.326 e. The van der Waals surface area contributed by atoms with E-state index in [1.165, 1.54) is 11.8 Å². The highest BCUT2D eigenvalue weighted by atomic mass is 32.2. The lowest BCUT2D eigenvalue weighted by Crippen LogP contribution is -2.58. The topological polar surface area (TPSA) is 166 Å². The molecule has 0 spiro atoms. The highest BCUT2D eigenvalue weighted by Gasteiger charge is 2.31. The molecule has 0 bridgehead atoms. The fraction of sp³-hybridized carbons (Fsp3) is 0.556. The molecule has 0 saturated carbocycles. The van der Waals surface area contributed by atoms with E-state index in [4.69, 9.17) is 5.73 Å². The summed E-state index contributed by atoms with van der Waals surface area (Å²) in [6.07, 6.45) is 4.38. The second-order valence-corrected chi connectivity index (χ2v) is 11.3. The number of hydrogen-bond donors (Lipinski definition) is 6. The van der Waals surface area contributed by atoms with E-state index in [-0.39, 0.29) is 24.7 Å². The molecule has 4 unspecified atom stereocenters. The van der Waals surface area contributed by atoms with E-state index in [2.05, 4.69) is 20.9 Å². The molecule has 0 fully saturated rings. The van der Waals surface area contributed by atoms with Gasteiger partial charge in [-0.15, -0.1) is 0 Å². The summed E-state index contributed by atoms with van der Waals surface area (Å²) >= 11 is 1.48. The fourth-order valence-electron chi connectivity index (χ4n) is 4.04. The predicted octanol–water partition coefficient (Wildman–Crippen LogP) is 2.03. The molecule has 1 aromatic heterocycles. The van der Waals surface area contributed by atoms with E-state index in [1.54, 1.807) is 6.20 Å². The molecule has 38 heavy (non-hydrogen) atoms. The zero-order valence-electron chi connectivity index (χ0n) is 22.7. The summed E-state index contributed by atoms with van der Waals surface area (Å²) in [7, 11) is 0. The van der Waals surface area contributed by atoms with Crippen molar-refractivity contribution >= 4 is 46.4 Å². The van der Waals surface area contributed by atoms with E-state index in [0.29, 0.717) is 12.2 Å². The number of carbonyl (C=O) groups excluding carboxylic acids is 3. The standard InChI is InChI=1S/C27H41N5O5S/c1-15(2)12-21(24(33)30-20(27(36)37)10-11-38-5)31-25(34)22(32-26(35)23(28)16(3)4)13-17-14-29-19-9-7-6-8-18(17)19/h6-9,14-16,20-23,29H,10-13,28H2,1-5H3,(H,30,33)(H,31,34)(H,32,35)(H,36,37). The number of hydrogen-bond acceptors (Lipinski definition) is 6. The van der Waals surface area contributed by atoms with Crippen LogP contribution in [0, 0.1) is 11.8 Å². The molecule has 0 radical (unpaired) electrons. The van der Waals surface area contributed by atoms with Crippen molar-refractivity contribution < 1.29 is 24.3 Å². The third kappa shape index (κ3) is 9.05. The van der Waals surface area contributed by atoms with Gasteiger partial charge in [0.25, 0.3) is 0 Å². The maximum atomic E-state index is 13.5. The van der Waals surface area contributed by atoms with Crippen LogP contribution in [0.3, 0.4) is 0 Å². The average molecular weight is 548 g/mol. The molecule has 0 saturated heterocycles. The van der Waals surface area contributed by atoms with E-state index in [9.17, 15) is 24.3 Å². The summed E-state index contributed by atoms with van der Waals surface area (Å²) in [6.45, 7) is 7.44. The monoisotopic (exact) mass is 547 g/mol. The summed E-state index contributed by atoms with van der Waals surface area (Å²) < 4.78 is 0. The van der Waals surface area contributed by atoms with Crippen molar-refractivity contribution in [3.05, 3.63) is 36.0 Å². The van der Waals surface area contributed by atoms with Gasteiger partial charge in [0.1, 0.15) is 18.1 Å². The van der Waals surface area contributed by atoms with Gasteiger partial charge in [-0.25, -0.2) is 4.79 Å². The third-order valence-corrected chi connectivity index (χ3v) is 6.96. The molecule has 11 heteroatoms. The number of thioether (sulfide) groups is 1. The molecule has 10 nitrogen and oxygen atoms in total. The Morgan fingerprint density at radius 1 is 0.947 bits per heavy atom. The molecule has 0 aliphatic carbocycles. The van der Waals surface area contributed by atoms with E-state index >= 15 is 0 Å². The zero-order valence-corrected chi connectivity index (χ0v) is 23.6. The Bertz CT molecular complexity index is 1100. The largest absolute Gasteiger partial charge is 0.480 e. The molecule has 1 heterocycles. The molecule has 4 atom stereocenters. The molecule has 0 aliphatic rings. The molecule has 210 valence electrons. The summed E-state index contributed by atoms with van der Waals surface area (Å²) in [5.74, 6) is -2.25. The number of carboxylic acid groups (broad SMARTS) is 1. The predicted molar refractivity (Wildman–Crippen MR) is 151 cm³/mol. The average Bonchev–Trinajstić information content (AvgIpc) is 3.27. The molecule has 7 N–H and O–H groups in total. The normalized spacial score (nSPS) is 14.6. The quantitative estimate of drug-likeness (QED) is 0.198. The van der Waals surface area contributed by atoms with Crippen LogP contribution in [0.2, 0.25) is 0 Å². The first-order valence-electron chi connectivity index (χ1n) is 12.9. The number of H-pyrrole nitrogens is 1. The van der Waals surface area contributed by atoms with E-state index in [0.717, 1.165) is 16.5 Å². The molecule has 0 aliphatic heterocycles. The Balaban J connectivity index is 2.29. The van der Waals surface area contributed by atoms with Crippen molar-refractivity contribution in [2.24, 2.45) is 17.6 Å². The van der Waals surface area contributed by atoms with Crippen LogP contribution in [0.1, 0.15) is 46.1 Å². The Morgan fingerprint density at radius 2 is 1.55 bits per heavy atom. The lowest BCUT2D eigenvalue weighted by Gasteiger charge is -2.26. The van der Waals surface area contributed by atoms with Crippen molar-refractivity contribution in [3.8, 4) is 0 Å². The van der Waals surface area contributed by atoms with Gasteiger partial charge in [0.2, 0.25) is 17.7 Å². The minimum absolute atomic E-state index is 0.0385. The number of amides is 3. The Kier molecular flexibility index (Phi) is 12.1. The number of nitrogens with two attached hydrogens (primary N) is 1. The summed E-state index contributed by atoms with van der Waals surface area (Å²) in [4.78, 5) is 54.3. The van der Waals surface area contributed by atoms with Crippen LogP contribution in [0.15, 0.2) is 30.5 Å². The van der Waals surface area contributed by atoms with Gasteiger partial charge in [0, 0.05) is 23.5 Å². The molecular formula is C27H41N5O5S. The number of para-hydroxylation sites is 1. The van der Waals surface area contributed by atoms with Crippen LogP contribution in [0.25, 0.3) is 10.9 Å². The van der Waals surface area contributed by atoms with E-state index < -0.39 is 47.9 Å². The second-order valence-electron chi connectivity index (χ2n) is 10.3. The van der Waals surface area contributed by atoms with Gasteiger partial charge >= 0.3 is 5.97 Å². The maximum absolute atomic E-state index is 13.5. The van der Waals surface area contributed by atoms with Crippen molar-refractivity contribution in [3.63, 3.8) is 0 Å². The first-order valence-corrected chi connectivity index (χ1v) is 14.3. The van der Waals surface area contributed by atoms with Crippen LogP contribution in [-0.4, -0.2) is 70.0 Å². The molecule has 1 aromatic carbocycles. The van der Waals surface area contributed by atoms with E-state index in [1.807, 2.05) is 58.2 Å². The number of benzene rings is 1. The molecule has 2 aromatic rings. The van der Waals surface area contributed by atoms with Crippen LogP contribution in [-0.2, 0) is 25.6 Å². The summed E-state index contributed by atoms with van der Waals surface area (Å²) in [5, 5.41) is 18.6. The highest BCUT2D eigenvalue weighted by Crippen LogP contribution is 2.19. The minimum Gasteiger partial charge on any atom is -0.480 e. The summed E-state index contributed by atoms with van der Waals surface area (Å²) in [5.41, 5.74) is 7.76. The van der Waals surface area contributed by atoms with Gasteiger partial charge < -0.3 is 31.8 Å². The number of carbonyl (C=O) groups is 4. The molecule has 3 amide bonds. The first-order chi connectivity index (χ1) is 17.9. The first kappa shape index (κ1) is 31.2. The van der Waals surface area contributed by atoms with Gasteiger partial charge in [-0.1, -0.05) is 45.9 Å². The second kappa shape index (κ2) is 14.8. The number of aliphatic carboxylic acids is 1. The van der Waals surface area contributed by atoms with Crippen LogP contribution < -0.4 is 21.7 Å². The van der Waals surface area contributed by atoms with Gasteiger partial charge in [0.15, 0.2) is 0 Å². The smallest absolute Gasteiger partial charge is 0.326 e. The zero-order chi connectivity index (χ0) is 28.4. The number of fused-ring (bicyclic) bond motifs is 1. The Hall–Kier alpha value is -3.05.